The van der Waals surface area contributed by atoms with Gasteiger partial charge < -0.3 is 31.1 Å². The van der Waals surface area contributed by atoms with Gasteiger partial charge in [-0.3, -0.25) is 19.2 Å². The van der Waals surface area contributed by atoms with Crippen molar-refractivity contribution in [1.82, 2.24) is 36.3 Å². The van der Waals surface area contributed by atoms with Gasteiger partial charge in [0.2, 0.25) is 17.7 Å². The van der Waals surface area contributed by atoms with Gasteiger partial charge in [0.1, 0.15) is 36.2 Å². The van der Waals surface area contributed by atoms with Gasteiger partial charge in [-0.1, -0.05) is 61.9 Å². The van der Waals surface area contributed by atoms with Gasteiger partial charge >= 0.3 is 0 Å². The molecule has 4 bridgehead atoms. The van der Waals surface area contributed by atoms with Crippen molar-refractivity contribution < 1.29 is 29.0 Å². The van der Waals surface area contributed by atoms with Gasteiger partial charge in [0, 0.05) is 12.0 Å². The van der Waals surface area contributed by atoms with E-state index in [4.69, 9.17) is 4.74 Å². The van der Waals surface area contributed by atoms with Crippen molar-refractivity contribution in [3.8, 4) is 5.75 Å². The molecule has 2 heterocycles. The van der Waals surface area contributed by atoms with Crippen LogP contribution in [0.5, 0.6) is 5.75 Å². The Bertz CT molecular complexity index is 1440. The lowest BCUT2D eigenvalue weighted by Crippen LogP contribution is -2.60. The number of nitrogens with zero attached hydrogens (tertiary/aromatic N) is 3. The summed E-state index contributed by atoms with van der Waals surface area (Å²) in [6.45, 7) is 5.71. The molecule has 2 aromatic carbocycles. The number of carbonyl (C=O) groups excluding carboxylic acids is 4. The summed E-state index contributed by atoms with van der Waals surface area (Å²) in [5.74, 6) is -2.22. The van der Waals surface area contributed by atoms with E-state index in [-0.39, 0.29) is 31.1 Å². The van der Waals surface area contributed by atoms with E-state index in [2.05, 4.69) is 31.6 Å². The molecule has 13 heteroatoms. The first kappa shape index (κ1) is 32.1. The van der Waals surface area contributed by atoms with Crippen molar-refractivity contribution in [3.05, 3.63) is 77.6 Å². The summed E-state index contributed by atoms with van der Waals surface area (Å²) < 4.78 is 7.40. The molecular formula is C31H39N7O6. The summed E-state index contributed by atoms with van der Waals surface area (Å²) in [5.41, 5.74) is 1.58. The van der Waals surface area contributed by atoms with Crippen molar-refractivity contribution in [2.45, 2.75) is 70.9 Å². The summed E-state index contributed by atoms with van der Waals surface area (Å²) >= 11 is 0. The van der Waals surface area contributed by atoms with Crippen LogP contribution in [-0.4, -0.2) is 74.6 Å². The molecule has 5 N–H and O–H groups in total. The minimum absolute atomic E-state index is 0.0594. The zero-order valence-corrected chi connectivity index (χ0v) is 25.0. The van der Waals surface area contributed by atoms with Crippen molar-refractivity contribution in [2.24, 2.45) is 5.92 Å². The SMILES string of the molecule is CC[C@H](C)[C@@H]1NC(=O)c2cccc(c2)OCCn2cc(nn2)CNC(=O)[C@@H](Cc2ccccc2)NC(=O)[C@H]([C@@H](C)O)NC1=O. The third kappa shape index (κ3) is 8.63. The highest BCUT2D eigenvalue weighted by Gasteiger charge is 2.34. The smallest absolute Gasteiger partial charge is 0.252 e. The molecule has 0 saturated heterocycles. The summed E-state index contributed by atoms with van der Waals surface area (Å²) in [6, 6.07) is 12.3. The fraction of sp³-hybridized carbons (Fsp3) is 0.419. The molecule has 0 aliphatic carbocycles. The van der Waals surface area contributed by atoms with Crippen LogP contribution in [0.2, 0.25) is 0 Å². The number of nitrogens with one attached hydrogen (secondary N) is 4. The van der Waals surface area contributed by atoms with Gasteiger partial charge in [0.25, 0.3) is 5.91 Å². The number of amides is 4. The lowest BCUT2D eigenvalue weighted by Gasteiger charge is -2.28. The third-order valence-electron chi connectivity index (χ3n) is 7.48. The van der Waals surface area contributed by atoms with Crippen LogP contribution in [0.25, 0.3) is 0 Å². The van der Waals surface area contributed by atoms with Crippen molar-refractivity contribution in [1.29, 1.82) is 0 Å². The first-order chi connectivity index (χ1) is 21.1. The predicted molar refractivity (Wildman–Crippen MR) is 160 cm³/mol. The molecule has 234 valence electrons. The molecule has 0 spiro atoms. The molecule has 4 amide bonds. The normalized spacial score (nSPS) is 21.8. The maximum absolute atomic E-state index is 13.5. The minimum Gasteiger partial charge on any atom is -0.492 e. The molecule has 13 nitrogen and oxygen atoms in total. The summed E-state index contributed by atoms with van der Waals surface area (Å²) in [4.78, 5) is 53.6. The number of hydrogen-bond donors (Lipinski definition) is 5. The Hall–Kier alpha value is -4.78. The van der Waals surface area contributed by atoms with E-state index in [1.54, 1.807) is 42.1 Å². The van der Waals surface area contributed by atoms with E-state index in [9.17, 15) is 24.3 Å². The van der Waals surface area contributed by atoms with Crippen molar-refractivity contribution >= 4 is 23.6 Å². The number of aromatic nitrogens is 3. The molecule has 1 aliphatic rings. The number of aliphatic hydroxyl groups is 1. The van der Waals surface area contributed by atoms with Gasteiger partial charge in [-0.15, -0.1) is 5.10 Å². The van der Waals surface area contributed by atoms with E-state index < -0.39 is 47.9 Å². The van der Waals surface area contributed by atoms with Crippen LogP contribution in [0.4, 0.5) is 0 Å². The van der Waals surface area contributed by atoms with Crippen LogP contribution in [0.15, 0.2) is 60.8 Å². The maximum atomic E-state index is 13.5. The number of hydrogen-bond acceptors (Lipinski definition) is 8. The van der Waals surface area contributed by atoms with Gasteiger partial charge in [-0.05, 0) is 36.6 Å². The highest BCUT2D eigenvalue weighted by atomic mass is 16.5. The number of carbonyl (C=O) groups is 4. The Labute approximate surface area is 255 Å². The number of benzene rings is 2. The predicted octanol–water partition coefficient (Wildman–Crippen LogP) is 0.725. The molecule has 0 saturated carbocycles. The fourth-order valence-electron chi connectivity index (χ4n) is 4.71. The molecule has 4 rings (SSSR count). The van der Waals surface area contributed by atoms with E-state index in [0.29, 0.717) is 24.4 Å². The van der Waals surface area contributed by atoms with Crippen LogP contribution in [0, 0.1) is 5.92 Å². The second kappa shape index (κ2) is 15.1. The molecule has 44 heavy (non-hydrogen) atoms. The van der Waals surface area contributed by atoms with Gasteiger partial charge in [0.15, 0.2) is 0 Å². The van der Waals surface area contributed by atoms with E-state index in [0.717, 1.165) is 5.56 Å². The fourth-order valence-corrected chi connectivity index (χ4v) is 4.71. The number of fused-ring (bicyclic) bond motifs is 4. The standard InChI is InChI=1S/C31H39N7O6/c1-4-19(2)26-30(42)35-27(20(3)39)31(43)33-25(15-21-9-6-5-7-10-21)29(41)32-17-23-18-38(37-36-23)13-14-44-24-12-8-11-22(16-24)28(40)34-26/h5-12,16,18-20,25-27,39H,4,13-15,17H2,1-3H3,(H,32,41)(H,33,43)(H,34,40)(H,35,42)/t19-,20+,25+,26-,27-/m0/s1. The summed E-state index contributed by atoms with van der Waals surface area (Å²) in [5, 5.41) is 29.6. The Balaban J connectivity index is 1.64. The molecule has 1 aromatic heterocycles. The Kier molecular flexibility index (Phi) is 11.0. The zero-order chi connectivity index (χ0) is 31.6. The second-order valence-electron chi connectivity index (χ2n) is 10.9. The van der Waals surface area contributed by atoms with Crippen LogP contribution in [0.1, 0.15) is 48.8 Å². The van der Waals surface area contributed by atoms with Gasteiger partial charge in [-0.25, -0.2) is 4.68 Å². The molecule has 0 radical (unpaired) electrons. The number of rotatable bonds is 5. The van der Waals surface area contributed by atoms with E-state index >= 15 is 0 Å². The van der Waals surface area contributed by atoms with Crippen LogP contribution in [0.3, 0.4) is 0 Å². The Morgan fingerprint density at radius 2 is 1.70 bits per heavy atom. The quantitative estimate of drug-likeness (QED) is 0.283. The molecular weight excluding hydrogens is 566 g/mol. The summed E-state index contributed by atoms with van der Waals surface area (Å²) in [7, 11) is 0. The molecule has 5 atom stereocenters. The van der Waals surface area contributed by atoms with E-state index in [1.165, 1.54) is 6.92 Å². The first-order valence-electron chi connectivity index (χ1n) is 14.7. The molecule has 0 unspecified atom stereocenters. The maximum Gasteiger partial charge on any atom is 0.252 e. The number of aliphatic hydroxyl groups excluding tert-OH is 1. The van der Waals surface area contributed by atoms with Gasteiger partial charge in [0.05, 0.1) is 25.4 Å². The third-order valence-corrected chi connectivity index (χ3v) is 7.48. The van der Waals surface area contributed by atoms with E-state index in [1.807, 2.05) is 37.3 Å². The summed E-state index contributed by atoms with van der Waals surface area (Å²) in [6.07, 6.45) is 1.08. The highest BCUT2D eigenvalue weighted by molar-refractivity contribution is 5.99. The molecule has 0 fully saturated rings. The zero-order valence-electron chi connectivity index (χ0n) is 25.0. The molecule has 1 aliphatic heterocycles. The topological polar surface area (TPSA) is 177 Å². The second-order valence-corrected chi connectivity index (χ2v) is 10.9. The monoisotopic (exact) mass is 605 g/mol. The van der Waals surface area contributed by atoms with Crippen molar-refractivity contribution in [2.75, 3.05) is 6.61 Å². The Morgan fingerprint density at radius 3 is 2.43 bits per heavy atom. The average Bonchev–Trinajstić information content (AvgIpc) is 3.48. The van der Waals surface area contributed by atoms with Crippen LogP contribution < -0.4 is 26.0 Å². The van der Waals surface area contributed by atoms with Crippen LogP contribution in [-0.2, 0) is 33.9 Å². The lowest BCUT2D eigenvalue weighted by atomic mass is 9.97. The minimum atomic E-state index is -1.40. The first-order valence-corrected chi connectivity index (χ1v) is 14.7. The number of ether oxygens (including phenoxy) is 1. The lowest BCUT2D eigenvalue weighted by molar-refractivity contribution is -0.135. The van der Waals surface area contributed by atoms with Crippen LogP contribution >= 0.6 is 0 Å². The highest BCUT2D eigenvalue weighted by Crippen LogP contribution is 2.16. The van der Waals surface area contributed by atoms with Gasteiger partial charge in [-0.2, -0.15) is 0 Å². The van der Waals surface area contributed by atoms with Crippen molar-refractivity contribution in [3.63, 3.8) is 0 Å². The largest absolute Gasteiger partial charge is 0.492 e. The Morgan fingerprint density at radius 1 is 0.955 bits per heavy atom. The average molecular weight is 606 g/mol. The molecule has 3 aromatic rings.